The van der Waals surface area contributed by atoms with Crippen molar-refractivity contribution >= 4 is 34.3 Å². The largest absolute Gasteiger partial charge is 0.508 e. The molecule has 5 aromatic rings. The summed E-state index contributed by atoms with van der Waals surface area (Å²) in [7, 11) is 0. The quantitative estimate of drug-likeness (QED) is 0.226. The van der Waals surface area contributed by atoms with Crippen molar-refractivity contribution in [3.8, 4) is 11.5 Å². The number of anilines is 2. The Morgan fingerprint density at radius 2 is 1.66 bits per heavy atom. The second-order valence-corrected chi connectivity index (χ2v) is 11.3. The number of fused-ring (bicyclic) bond motifs is 1. The van der Waals surface area contributed by atoms with Crippen LogP contribution in [0, 0.1) is 6.92 Å². The van der Waals surface area contributed by atoms with Crippen molar-refractivity contribution in [3.63, 3.8) is 0 Å². The Morgan fingerprint density at radius 1 is 0.895 bits per heavy atom. The van der Waals surface area contributed by atoms with Gasteiger partial charge in [0, 0.05) is 21.6 Å². The molecule has 38 heavy (non-hydrogen) atoms. The Kier molecular flexibility index (Phi) is 7.20. The highest BCUT2D eigenvalue weighted by atomic mass is 32.2. The standard InChI is InChI=1S/C31H30N4O2S/c1-20-5-15-26-29(34-20)32-19-33-30(26)35-27-17-24(12-16-28(27)38-25-13-10-23(36)11-14-25)37-18-21-6-8-22(9-7-21)31(2,3)4/h5-17,19,36H,18H2,1-4H3,(H,32,33,34,35). The van der Waals surface area contributed by atoms with E-state index in [4.69, 9.17) is 4.74 Å². The maximum atomic E-state index is 9.68. The Bertz CT molecular complexity index is 1560. The van der Waals surface area contributed by atoms with Gasteiger partial charge in [-0.15, -0.1) is 0 Å². The zero-order valence-electron chi connectivity index (χ0n) is 21.9. The molecule has 0 bridgehead atoms. The van der Waals surface area contributed by atoms with Crippen molar-refractivity contribution in [1.82, 2.24) is 15.0 Å². The number of rotatable bonds is 7. The molecule has 0 aliphatic rings. The van der Waals surface area contributed by atoms with E-state index < -0.39 is 0 Å². The number of phenolic OH excluding ortho intramolecular Hbond substituents is 1. The maximum absolute atomic E-state index is 9.68. The minimum Gasteiger partial charge on any atom is -0.508 e. The van der Waals surface area contributed by atoms with Crippen LogP contribution in [0.5, 0.6) is 11.5 Å². The van der Waals surface area contributed by atoms with Crippen LogP contribution < -0.4 is 10.1 Å². The third kappa shape index (κ3) is 6.06. The SMILES string of the molecule is Cc1ccc2c(Nc3cc(OCc4ccc(C(C)(C)C)cc4)ccc3Sc3ccc(O)cc3)ncnc2n1. The first-order valence-electron chi connectivity index (χ1n) is 12.4. The molecule has 0 radical (unpaired) electrons. The lowest BCUT2D eigenvalue weighted by atomic mass is 9.87. The van der Waals surface area contributed by atoms with Gasteiger partial charge in [-0.05, 0) is 72.0 Å². The monoisotopic (exact) mass is 522 g/mol. The van der Waals surface area contributed by atoms with Crippen LogP contribution in [-0.2, 0) is 12.0 Å². The van der Waals surface area contributed by atoms with Gasteiger partial charge < -0.3 is 15.2 Å². The highest BCUT2D eigenvalue weighted by Crippen LogP contribution is 2.38. The average molecular weight is 523 g/mol. The third-order valence-corrected chi connectivity index (χ3v) is 7.21. The lowest BCUT2D eigenvalue weighted by Gasteiger charge is -2.19. The fourth-order valence-electron chi connectivity index (χ4n) is 3.96. The number of phenols is 1. The number of nitrogens with zero attached hydrogens (tertiary/aromatic N) is 3. The van der Waals surface area contributed by atoms with Gasteiger partial charge in [-0.25, -0.2) is 15.0 Å². The second kappa shape index (κ2) is 10.7. The van der Waals surface area contributed by atoms with Gasteiger partial charge in [-0.2, -0.15) is 0 Å². The number of hydrogen-bond acceptors (Lipinski definition) is 7. The summed E-state index contributed by atoms with van der Waals surface area (Å²) in [5.41, 5.74) is 4.91. The van der Waals surface area contributed by atoms with Crippen molar-refractivity contribution in [2.75, 3.05) is 5.32 Å². The molecule has 6 nitrogen and oxygen atoms in total. The predicted octanol–water partition coefficient (Wildman–Crippen LogP) is 7.81. The Hall–Kier alpha value is -4.10. The topological polar surface area (TPSA) is 80.2 Å². The van der Waals surface area contributed by atoms with Crippen LogP contribution in [0.3, 0.4) is 0 Å². The summed E-state index contributed by atoms with van der Waals surface area (Å²) in [5.74, 6) is 1.65. The highest BCUT2D eigenvalue weighted by molar-refractivity contribution is 7.99. The summed E-state index contributed by atoms with van der Waals surface area (Å²) in [5, 5.41) is 14.0. The lowest BCUT2D eigenvalue weighted by molar-refractivity contribution is 0.306. The van der Waals surface area contributed by atoms with Crippen molar-refractivity contribution in [2.45, 2.75) is 49.5 Å². The summed E-state index contributed by atoms with van der Waals surface area (Å²) >= 11 is 1.59. The Balaban J connectivity index is 1.43. The smallest absolute Gasteiger partial charge is 0.164 e. The number of aryl methyl sites for hydroxylation is 1. The maximum Gasteiger partial charge on any atom is 0.164 e. The van der Waals surface area contributed by atoms with Crippen LogP contribution in [0.1, 0.15) is 37.6 Å². The molecule has 2 aromatic heterocycles. The van der Waals surface area contributed by atoms with Gasteiger partial charge >= 0.3 is 0 Å². The summed E-state index contributed by atoms with van der Waals surface area (Å²) in [6, 6.07) is 25.7. The first-order chi connectivity index (χ1) is 18.2. The van der Waals surface area contributed by atoms with E-state index in [1.54, 1.807) is 23.9 Å². The third-order valence-electron chi connectivity index (χ3n) is 6.13. The molecule has 192 valence electrons. The first-order valence-corrected chi connectivity index (χ1v) is 13.2. The predicted molar refractivity (Wildman–Crippen MR) is 153 cm³/mol. The summed E-state index contributed by atoms with van der Waals surface area (Å²) in [4.78, 5) is 15.4. The number of benzene rings is 3. The molecular weight excluding hydrogens is 492 g/mol. The molecule has 0 saturated heterocycles. The van der Waals surface area contributed by atoms with Crippen LogP contribution in [0.2, 0.25) is 0 Å². The molecule has 5 rings (SSSR count). The molecule has 2 heterocycles. The molecule has 0 amide bonds. The number of pyridine rings is 1. The van der Waals surface area contributed by atoms with Crippen molar-refractivity contribution in [3.05, 3.63) is 102 Å². The average Bonchev–Trinajstić information content (AvgIpc) is 2.89. The number of aromatic nitrogens is 3. The molecule has 7 heteroatoms. The second-order valence-electron chi connectivity index (χ2n) is 10.2. The van der Waals surface area contributed by atoms with E-state index in [2.05, 4.69) is 65.3 Å². The molecule has 0 fully saturated rings. The van der Waals surface area contributed by atoms with Gasteiger partial charge in [-0.1, -0.05) is 56.8 Å². The molecule has 0 aliphatic heterocycles. The van der Waals surface area contributed by atoms with Crippen LogP contribution in [-0.4, -0.2) is 20.1 Å². The van der Waals surface area contributed by atoms with Gasteiger partial charge in [-0.3, -0.25) is 0 Å². The van der Waals surface area contributed by atoms with Gasteiger partial charge in [0.15, 0.2) is 5.65 Å². The molecule has 3 aromatic carbocycles. The Labute approximate surface area is 227 Å². The van der Waals surface area contributed by atoms with E-state index in [1.165, 1.54) is 11.9 Å². The molecule has 2 N–H and O–H groups in total. The molecule has 0 atom stereocenters. The number of ether oxygens (including phenoxy) is 1. The zero-order valence-corrected chi connectivity index (χ0v) is 22.7. The van der Waals surface area contributed by atoms with Gasteiger partial charge in [0.05, 0.1) is 11.1 Å². The number of hydrogen-bond donors (Lipinski definition) is 2. The van der Waals surface area contributed by atoms with Crippen LogP contribution in [0.15, 0.2) is 95.0 Å². The zero-order chi connectivity index (χ0) is 26.7. The molecule has 0 unspecified atom stereocenters. The van der Waals surface area contributed by atoms with Gasteiger partial charge in [0.1, 0.15) is 30.3 Å². The van der Waals surface area contributed by atoms with E-state index >= 15 is 0 Å². The first kappa shape index (κ1) is 25.5. The van der Waals surface area contributed by atoms with E-state index in [-0.39, 0.29) is 11.2 Å². The van der Waals surface area contributed by atoms with E-state index in [0.717, 1.165) is 37.9 Å². The van der Waals surface area contributed by atoms with Crippen molar-refractivity contribution < 1.29 is 9.84 Å². The molecule has 0 saturated carbocycles. The fraction of sp³-hybridized carbons (Fsp3) is 0.194. The van der Waals surface area contributed by atoms with Crippen molar-refractivity contribution in [1.29, 1.82) is 0 Å². The van der Waals surface area contributed by atoms with Gasteiger partial charge in [0.25, 0.3) is 0 Å². The lowest BCUT2D eigenvalue weighted by Crippen LogP contribution is -2.10. The minimum atomic E-state index is 0.115. The van der Waals surface area contributed by atoms with Gasteiger partial charge in [0.2, 0.25) is 0 Å². The van der Waals surface area contributed by atoms with E-state index in [9.17, 15) is 5.11 Å². The summed E-state index contributed by atoms with van der Waals surface area (Å²) in [6.07, 6.45) is 1.52. The summed E-state index contributed by atoms with van der Waals surface area (Å²) < 4.78 is 6.19. The molecular formula is C31H30N4O2S. The van der Waals surface area contributed by atoms with E-state index in [0.29, 0.717) is 18.1 Å². The molecule has 0 aliphatic carbocycles. The normalized spacial score (nSPS) is 11.5. The van der Waals surface area contributed by atoms with E-state index in [1.807, 2.05) is 49.4 Å². The number of nitrogens with one attached hydrogen (secondary N) is 1. The number of aromatic hydroxyl groups is 1. The highest BCUT2D eigenvalue weighted by Gasteiger charge is 2.14. The molecule has 0 spiro atoms. The fourth-order valence-corrected chi connectivity index (χ4v) is 4.84. The van der Waals surface area contributed by atoms with Crippen LogP contribution >= 0.6 is 11.8 Å². The van der Waals surface area contributed by atoms with Crippen LogP contribution in [0.25, 0.3) is 11.0 Å². The minimum absolute atomic E-state index is 0.115. The van der Waals surface area contributed by atoms with Crippen molar-refractivity contribution in [2.24, 2.45) is 0 Å². The Morgan fingerprint density at radius 3 is 2.39 bits per heavy atom. The summed E-state index contributed by atoms with van der Waals surface area (Å²) in [6.45, 7) is 9.04. The van der Waals surface area contributed by atoms with Crippen LogP contribution in [0.4, 0.5) is 11.5 Å².